The van der Waals surface area contributed by atoms with E-state index in [0.29, 0.717) is 17.7 Å². The van der Waals surface area contributed by atoms with Gasteiger partial charge < -0.3 is 4.90 Å². The van der Waals surface area contributed by atoms with Crippen LogP contribution in [0.15, 0.2) is 0 Å². The van der Waals surface area contributed by atoms with Crippen LogP contribution in [0.1, 0.15) is 32.1 Å². The number of carbonyl (C=O) groups is 1. The predicted molar refractivity (Wildman–Crippen MR) is 55.9 cm³/mol. The summed E-state index contributed by atoms with van der Waals surface area (Å²) in [6.07, 6.45) is 5.99. The third-order valence-corrected chi connectivity index (χ3v) is 3.91. The summed E-state index contributed by atoms with van der Waals surface area (Å²) in [5.41, 5.74) is 0.558. The molecule has 0 unspecified atom stereocenters. The minimum absolute atomic E-state index is 0.334. The number of nitrogens with zero attached hydrogens (tertiary/aromatic N) is 1. The normalized spacial score (nSPS) is 24.8. The van der Waals surface area contributed by atoms with Gasteiger partial charge in [-0.05, 0) is 24.7 Å². The Kier molecular flexibility index (Phi) is 2.63. The average Bonchev–Trinajstić information content (AvgIpc) is 2.47. The van der Waals surface area contributed by atoms with Crippen molar-refractivity contribution in [2.75, 3.05) is 18.4 Å². The average molecular weight is 246 g/mol. The minimum atomic E-state index is 0.334. The quantitative estimate of drug-likeness (QED) is 0.684. The molecule has 0 N–H and O–H groups in total. The molecule has 1 aliphatic carbocycles. The van der Waals surface area contributed by atoms with Gasteiger partial charge in [-0.25, -0.2) is 0 Å². The molecule has 3 heteroatoms. The van der Waals surface area contributed by atoms with Gasteiger partial charge in [0.15, 0.2) is 0 Å². The Morgan fingerprint density at radius 2 is 2.15 bits per heavy atom. The van der Waals surface area contributed by atoms with Crippen LogP contribution in [-0.2, 0) is 4.79 Å². The molecule has 2 nitrogen and oxygen atoms in total. The molecule has 2 rings (SSSR count). The second-order valence-electron chi connectivity index (χ2n) is 4.36. The van der Waals surface area contributed by atoms with Crippen LogP contribution >= 0.6 is 15.9 Å². The van der Waals surface area contributed by atoms with Gasteiger partial charge in [-0.2, -0.15) is 0 Å². The molecule has 1 spiro atoms. The van der Waals surface area contributed by atoms with Crippen LogP contribution in [0, 0.1) is 5.41 Å². The first-order valence-corrected chi connectivity index (χ1v) is 6.22. The second-order valence-corrected chi connectivity index (χ2v) is 5.15. The predicted octanol–water partition coefficient (Wildman–Crippen LogP) is 2.17. The van der Waals surface area contributed by atoms with Crippen molar-refractivity contribution in [3.05, 3.63) is 0 Å². The van der Waals surface area contributed by atoms with E-state index < -0.39 is 0 Å². The van der Waals surface area contributed by atoms with Crippen LogP contribution in [0.2, 0.25) is 0 Å². The lowest BCUT2D eigenvalue weighted by Gasteiger charge is -2.37. The van der Waals surface area contributed by atoms with Gasteiger partial charge in [0, 0.05) is 24.8 Å². The van der Waals surface area contributed by atoms with E-state index in [1.165, 1.54) is 25.7 Å². The highest BCUT2D eigenvalue weighted by molar-refractivity contribution is 9.09. The highest BCUT2D eigenvalue weighted by Crippen LogP contribution is 2.47. The summed E-state index contributed by atoms with van der Waals surface area (Å²) >= 11 is 3.31. The van der Waals surface area contributed by atoms with Gasteiger partial charge >= 0.3 is 0 Å². The summed E-state index contributed by atoms with van der Waals surface area (Å²) in [4.78, 5) is 13.6. The molecular formula is C10H16BrNO. The second kappa shape index (κ2) is 3.60. The molecule has 2 aliphatic rings. The lowest BCUT2D eigenvalue weighted by Crippen LogP contribution is -2.35. The van der Waals surface area contributed by atoms with Crippen molar-refractivity contribution in [1.29, 1.82) is 0 Å². The van der Waals surface area contributed by atoms with Crippen LogP contribution in [0.4, 0.5) is 0 Å². The van der Waals surface area contributed by atoms with E-state index in [-0.39, 0.29) is 0 Å². The summed E-state index contributed by atoms with van der Waals surface area (Å²) in [6, 6.07) is 0. The molecule has 2 fully saturated rings. The molecule has 0 aromatic heterocycles. The third kappa shape index (κ3) is 1.76. The summed E-state index contributed by atoms with van der Waals surface area (Å²) in [5.74, 6) is 0.334. The summed E-state index contributed by atoms with van der Waals surface area (Å²) in [6.45, 7) is 2.05. The van der Waals surface area contributed by atoms with Crippen LogP contribution in [0.5, 0.6) is 0 Å². The first-order chi connectivity index (χ1) is 6.26. The van der Waals surface area contributed by atoms with Gasteiger partial charge in [0.1, 0.15) is 0 Å². The Morgan fingerprint density at radius 3 is 2.62 bits per heavy atom. The Bertz CT molecular complexity index is 213. The fourth-order valence-electron chi connectivity index (χ4n) is 2.47. The van der Waals surface area contributed by atoms with E-state index in [0.717, 1.165) is 18.4 Å². The molecule has 0 radical (unpaired) electrons. The Morgan fingerprint density at radius 1 is 1.38 bits per heavy atom. The molecule has 0 aromatic carbocycles. The fraction of sp³-hybridized carbons (Fsp3) is 0.900. The van der Waals surface area contributed by atoms with Gasteiger partial charge in [-0.3, -0.25) is 4.79 Å². The number of likely N-dealkylation sites (tertiary alicyclic amines) is 1. The number of alkyl halides is 1. The topological polar surface area (TPSA) is 20.3 Å². The van der Waals surface area contributed by atoms with Crippen LogP contribution in [0.3, 0.4) is 0 Å². The maximum Gasteiger partial charge on any atom is 0.223 e. The smallest absolute Gasteiger partial charge is 0.223 e. The zero-order valence-electron chi connectivity index (χ0n) is 7.89. The van der Waals surface area contributed by atoms with E-state index in [4.69, 9.17) is 0 Å². The van der Waals surface area contributed by atoms with Gasteiger partial charge in [0.2, 0.25) is 5.91 Å². The summed E-state index contributed by atoms with van der Waals surface area (Å²) < 4.78 is 0. The standard InChI is InChI=1S/C10H16BrNO/c11-6-2-9(13)12-7-5-10(8-12)3-1-4-10/h1-8H2. The third-order valence-electron chi connectivity index (χ3n) is 3.51. The van der Waals surface area contributed by atoms with E-state index in [1.54, 1.807) is 0 Å². The molecule has 0 aromatic rings. The highest BCUT2D eigenvalue weighted by atomic mass is 79.9. The van der Waals surface area contributed by atoms with Crippen LogP contribution in [-0.4, -0.2) is 29.2 Å². The molecule has 1 saturated heterocycles. The number of halogens is 1. The Balaban J connectivity index is 1.87. The SMILES string of the molecule is O=C(CCBr)N1CCC2(CCC2)C1. The lowest BCUT2D eigenvalue weighted by molar-refractivity contribution is -0.130. The number of amides is 1. The zero-order chi connectivity index (χ0) is 9.31. The first-order valence-electron chi connectivity index (χ1n) is 5.10. The molecule has 74 valence electrons. The molecular weight excluding hydrogens is 230 g/mol. The van der Waals surface area contributed by atoms with Crippen molar-refractivity contribution in [1.82, 2.24) is 4.90 Å². The van der Waals surface area contributed by atoms with Gasteiger partial charge in [0.25, 0.3) is 0 Å². The molecule has 0 bridgehead atoms. The van der Waals surface area contributed by atoms with E-state index in [9.17, 15) is 4.79 Å². The van der Waals surface area contributed by atoms with Crippen molar-refractivity contribution in [3.8, 4) is 0 Å². The lowest BCUT2D eigenvalue weighted by atomic mass is 9.68. The number of carbonyl (C=O) groups excluding carboxylic acids is 1. The maximum absolute atomic E-state index is 11.6. The fourth-order valence-corrected chi connectivity index (χ4v) is 2.81. The molecule has 1 aliphatic heterocycles. The van der Waals surface area contributed by atoms with Crippen molar-refractivity contribution in [3.63, 3.8) is 0 Å². The Labute approximate surface area is 87.8 Å². The minimum Gasteiger partial charge on any atom is -0.342 e. The number of hydrogen-bond donors (Lipinski definition) is 0. The molecule has 1 amide bonds. The van der Waals surface area contributed by atoms with Crippen molar-refractivity contribution >= 4 is 21.8 Å². The molecule has 1 heterocycles. The monoisotopic (exact) mass is 245 g/mol. The Hall–Kier alpha value is -0.0500. The van der Waals surface area contributed by atoms with E-state index in [2.05, 4.69) is 20.8 Å². The molecule has 1 saturated carbocycles. The first kappa shape index (κ1) is 9.50. The van der Waals surface area contributed by atoms with Crippen LogP contribution < -0.4 is 0 Å². The molecule has 13 heavy (non-hydrogen) atoms. The van der Waals surface area contributed by atoms with Crippen molar-refractivity contribution < 1.29 is 4.79 Å². The maximum atomic E-state index is 11.6. The van der Waals surface area contributed by atoms with E-state index >= 15 is 0 Å². The van der Waals surface area contributed by atoms with Crippen LogP contribution in [0.25, 0.3) is 0 Å². The van der Waals surface area contributed by atoms with Gasteiger partial charge in [-0.1, -0.05) is 22.4 Å². The summed E-state index contributed by atoms with van der Waals surface area (Å²) in [7, 11) is 0. The number of hydrogen-bond acceptors (Lipinski definition) is 1. The van der Waals surface area contributed by atoms with Crippen molar-refractivity contribution in [2.24, 2.45) is 5.41 Å². The molecule has 0 atom stereocenters. The van der Waals surface area contributed by atoms with Crippen molar-refractivity contribution in [2.45, 2.75) is 32.1 Å². The van der Waals surface area contributed by atoms with Gasteiger partial charge in [0.05, 0.1) is 0 Å². The summed E-state index contributed by atoms with van der Waals surface area (Å²) in [5, 5.41) is 0.801. The zero-order valence-corrected chi connectivity index (χ0v) is 9.48. The largest absolute Gasteiger partial charge is 0.342 e. The highest BCUT2D eigenvalue weighted by Gasteiger charge is 2.43. The van der Waals surface area contributed by atoms with E-state index in [1.807, 2.05) is 0 Å². The van der Waals surface area contributed by atoms with Gasteiger partial charge in [-0.15, -0.1) is 0 Å². The number of rotatable bonds is 2.